The van der Waals surface area contributed by atoms with E-state index in [4.69, 9.17) is 9.72 Å². The van der Waals surface area contributed by atoms with Crippen molar-refractivity contribution < 1.29 is 9.53 Å². The fourth-order valence-corrected chi connectivity index (χ4v) is 5.69. The Morgan fingerprint density at radius 1 is 1.46 bits per heavy atom. The maximum absolute atomic E-state index is 12.3. The molecule has 136 valence electrons. The molecule has 3 fully saturated rings. The summed E-state index contributed by atoms with van der Waals surface area (Å²) in [6.07, 6.45) is 2.51. The molecule has 2 aromatic heterocycles. The second-order valence-corrected chi connectivity index (χ2v) is 8.55. The number of aromatic nitrogens is 1. The Morgan fingerprint density at radius 3 is 3.19 bits per heavy atom. The van der Waals surface area contributed by atoms with E-state index in [-0.39, 0.29) is 17.6 Å². The number of ether oxygens (including phenoxy) is 1. The lowest BCUT2D eigenvalue weighted by atomic mass is 9.73. The van der Waals surface area contributed by atoms with Gasteiger partial charge in [0.1, 0.15) is 5.82 Å². The van der Waals surface area contributed by atoms with Crippen molar-refractivity contribution >= 4 is 23.1 Å². The lowest BCUT2D eigenvalue weighted by Gasteiger charge is -2.29. The number of hydrogen-bond donors (Lipinski definition) is 1. The molecule has 3 saturated heterocycles. The van der Waals surface area contributed by atoms with Crippen LogP contribution in [0.25, 0.3) is 0 Å². The largest absolute Gasteiger partial charge is 0.369 e. The summed E-state index contributed by atoms with van der Waals surface area (Å²) in [6, 6.07) is 8.06. The van der Waals surface area contributed by atoms with E-state index in [2.05, 4.69) is 22.3 Å². The highest BCUT2D eigenvalue weighted by atomic mass is 32.1. The van der Waals surface area contributed by atoms with E-state index in [0.29, 0.717) is 18.4 Å². The monoisotopic (exact) mass is 369 g/mol. The highest BCUT2D eigenvalue weighted by molar-refractivity contribution is 7.08. The Hall–Kier alpha value is -1.92. The summed E-state index contributed by atoms with van der Waals surface area (Å²) in [5.41, 5.74) is 1.75. The number of carbonyl (C=O) groups is 1. The molecule has 1 amide bonds. The van der Waals surface area contributed by atoms with Crippen molar-refractivity contribution in [1.29, 1.82) is 0 Å². The standard InChI is InChI=1S/C20H23N3O2S/c1-13-3-2-4-18(22-13)23-10-16-15(17-5-7-20(16,12-23)25-17)9-21-19(24)14-6-8-26-11-14/h2-4,6,8,11,15-17H,5,7,9-10,12H2,1H3,(H,21,24)/t15-,16+,17+,20+/m0/s1. The molecule has 2 aromatic rings. The van der Waals surface area contributed by atoms with Gasteiger partial charge in [0.25, 0.3) is 5.91 Å². The van der Waals surface area contributed by atoms with Crippen LogP contribution in [0.2, 0.25) is 0 Å². The average molecular weight is 369 g/mol. The molecular formula is C20H23N3O2S. The molecule has 5 nitrogen and oxygen atoms in total. The molecule has 5 heterocycles. The minimum absolute atomic E-state index is 0.0262. The number of thiophene rings is 1. The molecule has 1 spiro atoms. The summed E-state index contributed by atoms with van der Waals surface area (Å²) in [6.45, 7) is 4.61. The van der Waals surface area contributed by atoms with Crippen molar-refractivity contribution in [2.75, 3.05) is 24.5 Å². The van der Waals surface area contributed by atoms with Gasteiger partial charge >= 0.3 is 0 Å². The van der Waals surface area contributed by atoms with Gasteiger partial charge in [0.05, 0.1) is 11.7 Å². The molecule has 0 aliphatic carbocycles. The van der Waals surface area contributed by atoms with Crippen LogP contribution < -0.4 is 10.2 Å². The van der Waals surface area contributed by atoms with Gasteiger partial charge in [-0.3, -0.25) is 4.79 Å². The highest BCUT2D eigenvalue weighted by Crippen LogP contribution is 2.55. The molecule has 3 aliphatic heterocycles. The van der Waals surface area contributed by atoms with Crippen molar-refractivity contribution in [3.8, 4) is 0 Å². The van der Waals surface area contributed by atoms with E-state index < -0.39 is 0 Å². The van der Waals surface area contributed by atoms with Crippen LogP contribution in [0.5, 0.6) is 0 Å². The zero-order valence-electron chi connectivity index (χ0n) is 14.9. The molecule has 0 radical (unpaired) electrons. The highest BCUT2D eigenvalue weighted by Gasteiger charge is 2.63. The van der Waals surface area contributed by atoms with Gasteiger partial charge in [0, 0.05) is 48.1 Å². The topological polar surface area (TPSA) is 54.5 Å². The van der Waals surface area contributed by atoms with Gasteiger partial charge in [0.2, 0.25) is 0 Å². The van der Waals surface area contributed by atoms with Gasteiger partial charge in [-0.2, -0.15) is 11.3 Å². The van der Waals surface area contributed by atoms with Crippen LogP contribution in [0.4, 0.5) is 5.82 Å². The zero-order chi connectivity index (χ0) is 17.7. The molecule has 0 aromatic carbocycles. The van der Waals surface area contributed by atoms with Gasteiger partial charge in [-0.05, 0) is 43.3 Å². The van der Waals surface area contributed by atoms with E-state index in [1.165, 1.54) is 0 Å². The molecule has 4 atom stereocenters. The quantitative estimate of drug-likeness (QED) is 0.900. The molecule has 26 heavy (non-hydrogen) atoms. The first-order chi connectivity index (χ1) is 12.6. The smallest absolute Gasteiger partial charge is 0.252 e. The number of nitrogens with one attached hydrogen (secondary N) is 1. The lowest BCUT2D eigenvalue weighted by Crippen LogP contribution is -2.41. The van der Waals surface area contributed by atoms with Gasteiger partial charge in [0.15, 0.2) is 0 Å². The summed E-state index contributed by atoms with van der Waals surface area (Å²) >= 11 is 1.55. The maximum Gasteiger partial charge on any atom is 0.252 e. The third-order valence-corrected chi connectivity index (χ3v) is 6.95. The number of amides is 1. The molecular weight excluding hydrogens is 346 g/mol. The average Bonchev–Trinajstić information content (AvgIpc) is 3.39. The summed E-state index contributed by atoms with van der Waals surface area (Å²) in [5.74, 6) is 1.92. The minimum atomic E-state index is -0.0477. The van der Waals surface area contributed by atoms with Gasteiger partial charge < -0.3 is 15.0 Å². The normalized spacial score (nSPS) is 32.0. The molecule has 0 unspecified atom stereocenters. The molecule has 3 aliphatic rings. The predicted octanol–water partition coefficient (Wildman–Crippen LogP) is 2.87. The number of aryl methyl sites for hydroxylation is 1. The van der Waals surface area contributed by atoms with Gasteiger partial charge in [-0.1, -0.05) is 6.07 Å². The Labute approximate surface area is 157 Å². The first-order valence-corrected chi connectivity index (χ1v) is 10.3. The number of anilines is 1. The van der Waals surface area contributed by atoms with Crippen molar-refractivity contribution in [2.24, 2.45) is 11.8 Å². The van der Waals surface area contributed by atoms with E-state index in [1.54, 1.807) is 11.3 Å². The number of carbonyl (C=O) groups excluding carboxylic acids is 1. The van der Waals surface area contributed by atoms with E-state index in [0.717, 1.165) is 43.0 Å². The third kappa shape index (κ3) is 2.55. The van der Waals surface area contributed by atoms with E-state index >= 15 is 0 Å². The van der Waals surface area contributed by atoms with Gasteiger partial charge in [-0.25, -0.2) is 4.98 Å². The number of rotatable bonds is 4. The summed E-state index contributed by atoms with van der Waals surface area (Å²) < 4.78 is 6.48. The van der Waals surface area contributed by atoms with Crippen molar-refractivity contribution in [2.45, 2.75) is 31.5 Å². The summed E-state index contributed by atoms with van der Waals surface area (Å²) in [7, 11) is 0. The molecule has 1 N–H and O–H groups in total. The fraction of sp³-hybridized carbons (Fsp3) is 0.500. The Bertz CT molecular complexity index is 824. The first kappa shape index (κ1) is 16.3. The van der Waals surface area contributed by atoms with Crippen LogP contribution in [0.15, 0.2) is 35.0 Å². The molecule has 0 saturated carbocycles. The molecule has 5 rings (SSSR count). The van der Waals surface area contributed by atoms with Crippen molar-refractivity contribution in [3.05, 3.63) is 46.3 Å². The van der Waals surface area contributed by atoms with Crippen LogP contribution in [-0.4, -0.2) is 42.2 Å². The molecule has 2 bridgehead atoms. The second-order valence-electron chi connectivity index (χ2n) is 7.77. The van der Waals surface area contributed by atoms with E-state index in [9.17, 15) is 4.79 Å². The Morgan fingerprint density at radius 2 is 2.38 bits per heavy atom. The van der Waals surface area contributed by atoms with Crippen LogP contribution >= 0.6 is 11.3 Å². The van der Waals surface area contributed by atoms with Gasteiger partial charge in [-0.15, -0.1) is 0 Å². The number of fused-ring (bicyclic) bond motifs is 1. The second kappa shape index (κ2) is 6.06. The van der Waals surface area contributed by atoms with Crippen LogP contribution in [0.1, 0.15) is 28.9 Å². The predicted molar refractivity (Wildman–Crippen MR) is 102 cm³/mol. The van der Waals surface area contributed by atoms with Crippen LogP contribution in [0.3, 0.4) is 0 Å². The Kier molecular flexibility index (Phi) is 3.79. The minimum Gasteiger partial charge on any atom is -0.369 e. The van der Waals surface area contributed by atoms with E-state index in [1.807, 2.05) is 29.8 Å². The Balaban J connectivity index is 1.31. The number of pyridine rings is 1. The van der Waals surface area contributed by atoms with Crippen LogP contribution in [0, 0.1) is 18.8 Å². The van der Waals surface area contributed by atoms with Crippen molar-refractivity contribution in [3.63, 3.8) is 0 Å². The van der Waals surface area contributed by atoms with Crippen molar-refractivity contribution in [1.82, 2.24) is 10.3 Å². The number of nitrogens with zero attached hydrogens (tertiary/aromatic N) is 2. The molecule has 6 heteroatoms. The maximum atomic E-state index is 12.3. The lowest BCUT2D eigenvalue weighted by molar-refractivity contribution is 0.0141. The third-order valence-electron chi connectivity index (χ3n) is 6.26. The first-order valence-electron chi connectivity index (χ1n) is 9.31. The summed E-state index contributed by atoms with van der Waals surface area (Å²) in [4.78, 5) is 19.4. The zero-order valence-corrected chi connectivity index (χ0v) is 15.7. The number of hydrogen-bond acceptors (Lipinski definition) is 5. The fourth-order valence-electron chi connectivity index (χ4n) is 5.05. The summed E-state index contributed by atoms with van der Waals surface area (Å²) in [5, 5.41) is 6.97. The SMILES string of the molecule is Cc1cccc(N2C[C@@H]3[C@H](CNC(=O)c4ccsc4)[C@H]4CC[C@]3(C2)O4)n1. The van der Waals surface area contributed by atoms with Crippen LogP contribution in [-0.2, 0) is 4.74 Å².